The van der Waals surface area contributed by atoms with Gasteiger partial charge in [0, 0.05) is 6.42 Å². The minimum Gasteiger partial charge on any atom is -0.508 e. The zero-order chi connectivity index (χ0) is 17.5. The molecule has 5 nitrogen and oxygen atoms in total. The molecule has 0 fully saturated rings. The highest BCUT2D eigenvalue weighted by molar-refractivity contribution is 7.80. The van der Waals surface area contributed by atoms with E-state index in [1.54, 1.807) is 18.2 Å². The van der Waals surface area contributed by atoms with Crippen molar-refractivity contribution in [1.82, 2.24) is 10.6 Å². The summed E-state index contributed by atoms with van der Waals surface area (Å²) in [7, 11) is 0. The second-order valence-corrected chi connectivity index (χ2v) is 5.92. The molecule has 0 unspecified atom stereocenters. The predicted molar refractivity (Wildman–Crippen MR) is 97.0 cm³/mol. The van der Waals surface area contributed by atoms with Crippen molar-refractivity contribution in [3.63, 3.8) is 0 Å². The number of nitrogens with one attached hydrogen (secondary N) is 2. The number of phenols is 1. The zero-order valence-corrected chi connectivity index (χ0v) is 14.1. The molecule has 0 spiro atoms. The first kappa shape index (κ1) is 17.7. The summed E-state index contributed by atoms with van der Waals surface area (Å²) in [5.41, 5.74) is 1.77. The maximum Gasteiger partial charge on any atom is 0.326 e. The molecule has 0 aliphatic rings. The van der Waals surface area contributed by atoms with Gasteiger partial charge < -0.3 is 20.8 Å². The van der Waals surface area contributed by atoms with Crippen LogP contribution >= 0.6 is 12.2 Å². The van der Waals surface area contributed by atoms with Gasteiger partial charge in [0.1, 0.15) is 11.8 Å². The van der Waals surface area contributed by atoms with Crippen LogP contribution in [0.3, 0.4) is 0 Å². The molecule has 0 bridgehead atoms. The molecule has 2 aromatic rings. The van der Waals surface area contributed by atoms with Crippen molar-refractivity contribution in [3.05, 3.63) is 65.7 Å². The van der Waals surface area contributed by atoms with Crippen LogP contribution < -0.4 is 10.6 Å². The summed E-state index contributed by atoms with van der Waals surface area (Å²) < 4.78 is 0. The molecule has 0 aromatic heterocycles. The van der Waals surface area contributed by atoms with Gasteiger partial charge in [0.15, 0.2) is 5.11 Å². The van der Waals surface area contributed by atoms with E-state index in [9.17, 15) is 15.0 Å². The number of hydrogen-bond donors (Lipinski definition) is 4. The summed E-state index contributed by atoms with van der Waals surface area (Å²) in [6, 6.07) is 15.2. The van der Waals surface area contributed by atoms with Crippen molar-refractivity contribution < 1.29 is 15.0 Å². The molecular formula is C18H20N2O3S. The van der Waals surface area contributed by atoms with E-state index in [1.807, 2.05) is 43.3 Å². The van der Waals surface area contributed by atoms with Crippen molar-refractivity contribution in [2.75, 3.05) is 0 Å². The van der Waals surface area contributed by atoms with E-state index in [4.69, 9.17) is 12.2 Å². The van der Waals surface area contributed by atoms with Crippen LogP contribution in [-0.4, -0.2) is 27.3 Å². The standard InChI is InChI=1S/C18H20N2O3S/c1-12(14-8-5-9-15(21)11-14)19-18(24)20-16(17(22)23)10-13-6-3-2-4-7-13/h2-9,11-12,16,21H,10H2,1H3,(H,22,23)(H2,19,20,24)/t12-,16-/m1/s1. The first-order chi connectivity index (χ1) is 11.5. The van der Waals surface area contributed by atoms with Gasteiger partial charge in [-0.15, -0.1) is 0 Å². The highest BCUT2D eigenvalue weighted by Gasteiger charge is 2.19. The van der Waals surface area contributed by atoms with Gasteiger partial charge in [-0.3, -0.25) is 0 Å². The number of aliphatic carboxylic acids is 1. The summed E-state index contributed by atoms with van der Waals surface area (Å²) in [5.74, 6) is -0.791. The van der Waals surface area contributed by atoms with E-state index in [2.05, 4.69) is 10.6 Å². The van der Waals surface area contributed by atoms with Crippen LogP contribution in [0.4, 0.5) is 0 Å². The third-order valence-electron chi connectivity index (χ3n) is 3.60. The number of rotatable bonds is 6. The summed E-state index contributed by atoms with van der Waals surface area (Å²) >= 11 is 5.23. The largest absolute Gasteiger partial charge is 0.508 e. The Hall–Kier alpha value is -2.60. The van der Waals surface area contributed by atoms with Gasteiger partial charge in [-0.1, -0.05) is 42.5 Å². The molecule has 24 heavy (non-hydrogen) atoms. The molecule has 0 radical (unpaired) electrons. The third kappa shape index (κ3) is 5.24. The van der Waals surface area contributed by atoms with E-state index in [1.165, 1.54) is 0 Å². The lowest BCUT2D eigenvalue weighted by molar-refractivity contribution is -0.139. The highest BCUT2D eigenvalue weighted by Crippen LogP contribution is 2.17. The van der Waals surface area contributed by atoms with Crippen molar-refractivity contribution in [3.8, 4) is 5.75 Å². The number of carboxylic acids is 1. The van der Waals surface area contributed by atoms with Gasteiger partial charge in [0.05, 0.1) is 6.04 Å². The van der Waals surface area contributed by atoms with E-state index in [0.717, 1.165) is 11.1 Å². The Bertz CT molecular complexity index is 706. The van der Waals surface area contributed by atoms with Crippen molar-refractivity contribution in [2.24, 2.45) is 0 Å². The fourth-order valence-corrected chi connectivity index (χ4v) is 2.64. The average Bonchev–Trinajstić information content (AvgIpc) is 2.55. The Morgan fingerprint density at radius 1 is 1.12 bits per heavy atom. The number of thiocarbonyl (C=S) groups is 1. The lowest BCUT2D eigenvalue weighted by atomic mass is 10.1. The molecule has 0 heterocycles. The SMILES string of the molecule is C[C@@H](NC(=S)N[C@H](Cc1ccccc1)C(=O)O)c1cccc(O)c1. The summed E-state index contributed by atoms with van der Waals surface area (Å²) in [5, 5.41) is 25.0. The minimum atomic E-state index is -0.965. The molecule has 0 aliphatic heterocycles. The van der Waals surface area contributed by atoms with Gasteiger partial charge in [-0.2, -0.15) is 0 Å². The second kappa shape index (κ2) is 8.31. The zero-order valence-electron chi connectivity index (χ0n) is 13.3. The van der Waals surface area contributed by atoms with E-state index in [0.29, 0.717) is 6.42 Å². The van der Waals surface area contributed by atoms with Gasteiger partial charge >= 0.3 is 5.97 Å². The summed E-state index contributed by atoms with van der Waals surface area (Å²) in [4.78, 5) is 11.5. The molecule has 0 saturated heterocycles. The molecule has 4 N–H and O–H groups in total. The smallest absolute Gasteiger partial charge is 0.326 e. The molecule has 2 rings (SSSR count). The molecule has 0 amide bonds. The van der Waals surface area contributed by atoms with Gasteiger partial charge in [-0.05, 0) is 42.4 Å². The van der Waals surface area contributed by atoms with Gasteiger partial charge in [-0.25, -0.2) is 4.79 Å². The lowest BCUT2D eigenvalue weighted by Gasteiger charge is -2.21. The second-order valence-electron chi connectivity index (χ2n) is 5.52. The molecule has 0 saturated carbocycles. The monoisotopic (exact) mass is 344 g/mol. The summed E-state index contributed by atoms with van der Waals surface area (Å²) in [6.45, 7) is 1.88. The molecular weight excluding hydrogens is 324 g/mol. The maximum absolute atomic E-state index is 11.5. The number of carboxylic acid groups (broad SMARTS) is 1. The number of carbonyl (C=O) groups is 1. The first-order valence-electron chi connectivity index (χ1n) is 7.58. The summed E-state index contributed by atoms with van der Waals surface area (Å²) in [6.07, 6.45) is 0.332. The average molecular weight is 344 g/mol. The quantitative estimate of drug-likeness (QED) is 0.603. The van der Waals surface area contributed by atoms with E-state index < -0.39 is 12.0 Å². The van der Waals surface area contributed by atoms with E-state index >= 15 is 0 Å². The van der Waals surface area contributed by atoms with E-state index in [-0.39, 0.29) is 16.9 Å². The predicted octanol–water partition coefficient (Wildman–Crippen LogP) is 2.61. The van der Waals surface area contributed by atoms with Crippen LogP contribution in [0.1, 0.15) is 24.1 Å². The van der Waals surface area contributed by atoms with Gasteiger partial charge in [0.2, 0.25) is 0 Å². The molecule has 6 heteroatoms. The molecule has 2 atom stereocenters. The van der Waals surface area contributed by atoms with Crippen LogP contribution in [-0.2, 0) is 11.2 Å². The Labute approximate surface area is 146 Å². The van der Waals surface area contributed by atoms with Crippen molar-refractivity contribution in [2.45, 2.75) is 25.4 Å². The fraction of sp³-hybridized carbons (Fsp3) is 0.222. The topological polar surface area (TPSA) is 81.6 Å². The Kier molecular flexibility index (Phi) is 6.14. The van der Waals surface area contributed by atoms with Crippen molar-refractivity contribution >= 4 is 23.3 Å². The Morgan fingerprint density at radius 2 is 1.83 bits per heavy atom. The first-order valence-corrected chi connectivity index (χ1v) is 7.99. The normalized spacial score (nSPS) is 12.9. The molecule has 2 aromatic carbocycles. The lowest BCUT2D eigenvalue weighted by Crippen LogP contribution is -2.47. The Morgan fingerprint density at radius 3 is 2.46 bits per heavy atom. The van der Waals surface area contributed by atoms with Crippen LogP contribution in [0.5, 0.6) is 5.75 Å². The van der Waals surface area contributed by atoms with Crippen LogP contribution in [0, 0.1) is 0 Å². The molecule has 126 valence electrons. The van der Waals surface area contributed by atoms with Crippen LogP contribution in [0.2, 0.25) is 0 Å². The molecule has 0 aliphatic carbocycles. The minimum absolute atomic E-state index is 0.164. The maximum atomic E-state index is 11.5. The van der Waals surface area contributed by atoms with Gasteiger partial charge in [0.25, 0.3) is 0 Å². The van der Waals surface area contributed by atoms with Crippen LogP contribution in [0.15, 0.2) is 54.6 Å². The Balaban J connectivity index is 1.96. The van der Waals surface area contributed by atoms with Crippen LogP contribution in [0.25, 0.3) is 0 Å². The third-order valence-corrected chi connectivity index (χ3v) is 3.84. The highest BCUT2D eigenvalue weighted by atomic mass is 32.1. The van der Waals surface area contributed by atoms with Crippen molar-refractivity contribution in [1.29, 1.82) is 0 Å². The number of hydrogen-bond acceptors (Lipinski definition) is 3. The number of benzene rings is 2. The fourth-order valence-electron chi connectivity index (χ4n) is 2.32. The number of aromatic hydroxyl groups is 1. The number of phenolic OH excluding ortho intramolecular Hbond substituents is 1.